The number of hydrogen-bond acceptors (Lipinski definition) is 4. The summed E-state index contributed by atoms with van der Waals surface area (Å²) in [6, 6.07) is 6.40. The van der Waals surface area contributed by atoms with Crippen LogP contribution in [0.5, 0.6) is 11.5 Å². The van der Waals surface area contributed by atoms with Crippen LogP contribution >= 0.6 is 12.4 Å². The lowest BCUT2D eigenvalue weighted by Gasteiger charge is -2.24. The van der Waals surface area contributed by atoms with E-state index in [0.29, 0.717) is 18.5 Å². The smallest absolute Gasteiger partial charge is 0.237 e. The van der Waals surface area contributed by atoms with Crippen LogP contribution in [0.15, 0.2) is 18.2 Å². The molecule has 3 aliphatic rings. The average molecular weight is 409 g/mol. The van der Waals surface area contributed by atoms with Crippen LogP contribution in [0.2, 0.25) is 0 Å². The molecule has 4 rings (SSSR count). The Balaban J connectivity index is 0.00000225. The van der Waals surface area contributed by atoms with Gasteiger partial charge in [0.2, 0.25) is 5.91 Å². The predicted molar refractivity (Wildman–Crippen MR) is 112 cm³/mol. The van der Waals surface area contributed by atoms with Gasteiger partial charge in [0, 0.05) is 18.2 Å². The molecule has 28 heavy (non-hydrogen) atoms. The fraction of sp³-hybridized carbons (Fsp3) is 0.682. The molecule has 1 saturated heterocycles. The third kappa shape index (κ3) is 4.74. The highest BCUT2D eigenvalue weighted by Crippen LogP contribution is 2.35. The topological polar surface area (TPSA) is 59.6 Å². The van der Waals surface area contributed by atoms with Gasteiger partial charge in [-0.25, -0.2) is 0 Å². The van der Waals surface area contributed by atoms with Gasteiger partial charge in [0.1, 0.15) is 0 Å². The molecule has 2 saturated carbocycles. The molecule has 1 heterocycles. The molecule has 1 aromatic rings. The second-order valence-electron chi connectivity index (χ2n) is 8.30. The second kappa shape index (κ2) is 9.84. The number of carbonyl (C=O) groups excluding carboxylic acids is 1. The zero-order valence-corrected chi connectivity index (χ0v) is 17.6. The van der Waals surface area contributed by atoms with E-state index in [1.807, 2.05) is 18.2 Å². The van der Waals surface area contributed by atoms with E-state index in [9.17, 15) is 4.79 Å². The van der Waals surface area contributed by atoms with Gasteiger partial charge in [0.05, 0.1) is 19.3 Å². The van der Waals surface area contributed by atoms with Crippen molar-refractivity contribution in [3.05, 3.63) is 23.8 Å². The van der Waals surface area contributed by atoms with Gasteiger partial charge in [-0.2, -0.15) is 0 Å². The lowest BCUT2D eigenvalue weighted by atomic mass is 9.85. The third-order valence-corrected chi connectivity index (χ3v) is 6.50. The van der Waals surface area contributed by atoms with E-state index in [-0.39, 0.29) is 30.5 Å². The van der Waals surface area contributed by atoms with E-state index >= 15 is 0 Å². The van der Waals surface area contributed by atoms with Crippen LogP contribution in [0.3, 0.4) is 0 Å². The maximum atomic E-state index is 12.7. The first-order chi connectivity index (χ1) is 13.2. The molecule has 0 aromatic heterocycles. The van der Waals surface area contributed by atoms with Gasteiger partial charge >= 0.3 is 0 Å². The van der Waals surface area contributed by atoms with Gasteiger partial charge < -0.3 is 20.1 Å². The van der Waals surface area contributed by atoms with E-state index in [4.69, 9.17) is 9.47 Å². The van der Waals surface area contributed by atoms with Crippen LogP contribution in [0.25, 0.3) is 0 Å². The van der Waals surface area contributed by atoms with Crippen molar-refractivity contribution >= 4 is 18.3 Å². The molecular formula is C22H33ClN2O3. The summed E-state index contributed by atoms with van der Waals surface area (Å²) in [6.07, 6.45) is 10.9. The minimum atomic E-state index is -0.0529. The second-order valence-corrected chi connectivity index (χ2v) is 8.30. The molecule has 3 fully saturated rings. The van der Waals surface area contributed by atoms with Crippen LogP contribution in [0, 0.1) is 5.92 Å². The largest absolute Gasteiger partial charge is 0.493 e. The van der Waals surface area contributed by atoms with E-state index < -0.39 is 0 Å². The number of hydrogen-bond donors (Lipinski definition) is 2. The van der Waals surface area contributed by atoms with Gasteiger partial charge in [-0.05, 0) is 56.9 Å². The quantitative estimate of drug-likeness (QED) is 0.747. The summed E-state index contributed by atoms with van der Waals surface area (Å²) >= 11 is 0. The van der Waals surface area contributed by atoms with Crippen molar-refractivity contribution in [3.8, 4) is 11.5 Å². The lowest BCUT2D eigenvalue weighted by Crippen LogP contribution is -2.42. The Kier molecular flexibility index (Phi) is 7.47. The van der Waals surface area contributed by atoms with Crippen LogP contribution in [0.1, 0.15) is 63.4 Å². The van der Waals surface area contributed by atoms with Crippen molar-refractivity contribution in [2.24, 2.45) is 5.92 Å². The molecule has 1 aliphatic heterocycles. The molecule has 2 aliphatic carbocycles. The molecule has 0 bridgehead atoms. The van der Waals surface area contributed by atoms with Crippen molar-refractivity contribution < 1.29 is 14.3 Å². The first kappa shape index (κ1) is 21.3. The summed E-state index contributed by atoms with van der Waals surface area (Å²) in [5.41, 5.74) is 0.991. The average Bonchev–Trinajstić information content (AvgIpc) is 3.36. The Morgan fingerprint density at radius 3 is 2.64 bits per heavy atom. The van der Waals surface area contributed by atoms with E-state index in [1.54, 1.807) is 7.11 Å². The number of benzene rings is 1. The molecule has 3 atom stereocenters. The zero-order valence-electron chi connectivity index (χ0n) is 16.7. The van der Waals surface area contributed by atoms with Gasteiger partial charge in [0.25, 0.3) is 0 Å². The monoisotopic (exact) mass is 408 g/mol. The Hall–Kier alpha value is -1.46. The molecule has 6 heteroatoms. The molecule has 156 valence electrons. The van der Waals surface area contributed by atoms with E-state index in [0.717, 1.165) is 36.3 Å². The number of ether oxygens (including phenoxy) is 2. The normalized spacial score (nSPS) is 27.0. The van der Waals surface area contributed by atoms with Crippen LogP contribution < -0.4 is 20.1 Å². The Morgan fingerprint density at radius 2 is 1.89 bits per heavy atom. The standard InChI is InChI=1S/C22H32N2O3.ClH/c1-26-20-12-6-8-16(21(20)27-17-9-3-4-10-17)14-23-22(25)19-13-15-7-2-5-11-18(15)24-19;/h6,8,12,15,17-19,24H,2-5,7,9-11,13-14H2,1H3,(H,23,25);1H. The molecule has 1 aromatic carbocycles. The van der Waals surface area contributed by atoms with Gasteiger partial charge in [0.15, 0.2) is 11.5 Å². The maximum Gasteiger partial charge on any atom is 0.237 e. The summed E-state index contributed by atoms with van der Waals surface area (Å²) in [5.74, 6) is 2.32. The number of fused-ring (bicyclic) bond motifs is 1. The molecule has 0 spiro atoms. The van der Waals surface area contributed by atoms with Crippen molar-refractivity contribution in [3.63, 3.8) is 0 Å². The van der Waals surface area contributed by atoms with Crippen LogP contribution in [0.4, 0.5) is 0 Å². The summed E-state index contributed by atoms with van der Waals surface area (Å²) < 4.78 is 11.8. The molecule has 3 unspecified atom stereocenters. The van der Waals surface area contributed by atoms with Crippen molar-refractivity contribution in [2.45, 2.75) is 82.5 Å². The number of carbonyl (C=O) groups is 1. The summed E-state index contributed by atoms with van der Waals surface area (Å²) in [7, 11) is 1.67. The van der Waals surface area contributed by atoms with E-state index in [1.165, 1.54) is 38.5 Å². The number of halogens is 1. The van der Waals surface area contributed by atoms with Crippen LogP contribution in [-0.4, -0.2) is 31.2 Å². The first-order valence-electron chi connectivity index (χ1n) is 10.6. The third-order valence-electron chi connectivity index (χ3n) is 6.50. The van der Waals surface area contributed by atoms with Gasteiger partial charge in [-0.3, -0.25) is 4.79 Å². The van der Waals surface area contributed by atoms with Crippen molar-refractivity contribution in [1.29, 1.82) is 0 Å². The maximum absolute atomic E-state index is 12.7. The Labute approximate surface area is 174 Å². The predicted octanol–water partition coefficient (Wildman–Crippen LogP) is 3.98. The number of rotatable bonds is 6. The van der Waals surface area contributed by atoms with Crippen molar-refractivity contribution in [1.82, 2.24) is 10.6 Å². The molecule has 1 amide bonds. The molecule has 2 N–H and O–H groups in total. The highest BCUT2D eigenvalue weighted by atomic mass is 35.5. The Morgan fingerprint density at radius 1 is 1.14 bits per heavy atom. The SMILES string of the molecule is COc1cccc(CNC(=O)C2CC3CCCCC3N2)c1OC1CCCC1.Cl. The molecule has 5 nitrogen and oxygen atoms in total. The number of amides is 1. The van der Waals surface area contributed by atoms with Crippen LogP contribution in [-0.2, 0) is 11.3 Å². The molecule has 0 radical (unpaired) electrons. The first-order valence-corrected chi connectivity index (χ1v) is 10.6. The highest BCUT2D eigenvalue weighted by Gasteiger charge is 2.38. The summed E-state index contributed by atoms with van der Waals surface area (Å²) in [4.78, 5) is 12.7. The van der Waals surface area contributed by atoms with Crippen molar-refractivity contribution in [2.75, 3.05) is 7.11 Å². The minimum absolute atomic E-state index is 0. The highest BCUT2D eigenvalue weighted by molar-refractivity contribution is 5.85. The van der Waals surface area contributed by atoms with Gasteiger partial charge in [-0.15, -0.1) is 12.4 Å². The number of nitrogens with one attached hydrogen (secondary N) is 2. The van der Waals surface area contributed by atoms with E-state index in [2.05, 4.69) is 10.6 Å². The fourth-order valence-electron chi connectivity index (χ4n) is 4.99. The summed E-state index contributed by atoms with van der Waals surface area (Å²) in [6.45, 7) is 0.478. The Bertz CT molecular complexity index is 649. The number of para-hydroxylation sites is 1. The zero-order chi connectivity index (χ0) is 18.6. The van der Waals surface area contributed by atoms with Gasteiger partial charge in [-0.1, -0.05) is 25.0 Å². The lowest BCUT2D eigenvalue weighted by molar-refractivity contribution is -0.123. The minimum Gasteiger partial charge on any atom is -0.493 e. The summed E-state index contributed by atoms with van der Waals surface area (Å²) in [5, 5.41) is 6.69. The molecular weight excluding hydrogens is 376 g/mol. The number of methoxy groups -OCH3 is 1. The fourth-order valence-corrected chi connectivity index (χ4v) is 4.99.